The molecule has 3 rings (SSSR count). The molecule has 3 aromatic carbocycles. The summed E-state index contributed by atoms with van der Waals surface area (Å²) in [4.78, 5) is 12.4. The Labute approximate surface area is 192 Å². The minimum atomic E-state index is -2.63. The largest absolute Gasteiger partial charge is 0.460 e. The number of nitrogens with two attached hydrogens (primary N) is 1. The summed E-state index contributed by atoms with van der Waals surface area (Å²) in [6.07, 6.45) is 0.401. The van der Waals surface area contributed by atoms with Gasteiger partial charge < -0.3 is 14.9 Å². The first-order chi connectivity index (χ1) is 15.3. The number of rotatable bonds is 9. The Kier molecular flexibility index (Phi) is 8.02. The Morgan fingerprint density at radius 2 is 1.31 bits per heavy atom. The van der Waals surface area contributed by atoms with Crippen LogP contribution in [-0.4, -0.2) is 26.9 Å². The summed E-state index contributed by atoms with van der Waals surface area (Å²) in [6, 6.07) is 29.8. The molecular formula is C27H33NO3Si. The SMILES string of the molecule is CC(C)(C)[Si](OCC[C@H](N)C(=O)OCc1ccccc1)(c1ccccc1)c1ccccc1. The molecule has 0 bridgehead atoms. The summed E-state index contributed by atoms with van der Waals surface area (Å²) >= 11 is 0. The van der Waals surface area contributed by atoms with Gasteiger partial charge in [0.15, 0.2) is 0 Å². The smallest absolute Gasteiger partial charge is 0.323 e. The quantitative estimate of drug-likeness (QED) is 0.397. The normalized spacial score (nSPS) is 12.9. The van der Waals surface area contributed by atoms with Crippen LogP contribution in [0, 0.1) is 0 Å². The van der Waals surface area contributed by atoms with E-state index in [1.165, 1.54) is 10.4 Å². The molecule has 0 spiro atoms. The van der Waals surface area contributed by atoms with Crippen LogP contribution >= 0.6 is 0 Å². The fourth-order valence-electron chi connectivity index (χ4n) is 4.05. The molecule has 0 saturated heterocycles. The van der Waals surface area contributed by atoms with E-state index in [1.54, 1.807) is 0 Å². The lowest BCUT2D eigenvalue weighted by Gasteiger charge is -2.43. The highest BCUT2D eigenvalue weighted by Gasteiger charge is 2.50. The zero-order valence-electron chi connectivity index (χ0n) is 19.2. The Morgan fingerprint density at radius 3 is 1.78 bits per heavy atom. The second-order valence-corrected chi connectivity index (χ2v) is 13.3. The second kappa shape index (κ2) is 10.7. The minimum Gasteiger partial charge on any atom is -0.460 e. The standard InChI is InChI=1S/C27H33NO3Si/c1-27(2,3)32(23-15-9-5-10-16-23,24-17-11-6-12-18-24)31-20-19-25(28)26(29)30-21-22-13-7-4-8-14-22/h4-18,25H,19-21,28H2,1-3H3/t25-/m0/s1. The zero-order chi connectivity index (χ0) is 23.0. The molecule has 5 heteroatoms. The Morgan fingerprint density at radius 1 is 0.844 bits per heavy atom. The maximum atomic E-state index is 12.4. The molecule has 0 unspecified atom stereocenters. The first-order valence-electron chi connectivity index (χ1n) is 11.1. The van der Waals surface area contributed by atoms with Crippen LogP contribution in [-0.2, 0) is 20.6 Å². The number of ether oxygens (including phenoxy) is 1. The molecule has 0 aliphatic carbocycles. The number of hydrogen-bond acceptors (Lipinski definition) is 4. The summed E-state index contributed by atoms with van der Waals surface area (Å²) in [7, 11) is -2.63. The number of esters is 1. The topological polar surface area (TPSA) is 61.5 Å². The highest BCUT2D eigenvalue weighted by Crippen LogP contribution is 2.36. The molecule has 2 N–H and O–H groups in total. The third-order valence-electron chi connectivity index (χ3n) is 5.69. The third kappa shape index (κ3) is 5.54. The van der Waals surface area contributed by atoms with Crippen molar-refractivity contribution < 1.29 is 14.0 Å². The van der Waals surface area contributed by atoms with Gasteiger partial charge in [-0.25, -0.2) is 0 Å². The molecule has 0 aromatic heterocycles. The van der Waals surface area contributed by atoms with Gasteiger partial charge in [0.05, 0.1) is 0 Å². The summed E-state index contributed by atoms with van der Waals surface area (Å²) in [5.74, 6) is -0.403. The van der Waals surface area contributed by atoms with Crippen molar-refractivity contribution in [1.82, 2.24) is 0 Å². The van der Waals surface area contributed by atoms with E-state index in [2.05, 4.69) is 69.3 Å². The molecule has 0 fully saturated rings. The first-order valence-corrected chi connectivity index (χ1v) is 13.0. The van der Waals surface area contributed by atoms with Gasteiger partial charge >= 0.3 is 5.97 Å². The van der Waals surface area contributed by atoms with Crippen LogP contribution in [0.5, 0.6) is 0 Å². The van der Waals surface area contributed by atoms with Crippen molar-refractivity contribution in [2.75, 3.05) is 6.61 Å². The van der Waals surface area contributed by atoms with Gasteiger partial charge in [-0.05, 0) is 27.4 Å². The average Bonchev–Trinajstić information content (AvgIpc) is 2.81. The van der Waals surface area contributed by atoms with Gasteiger partial charge in [-0.3, -0.25) is 4.79 Å². The predicted molar refractivity (Wildman–Crippen MR) is 132 cm³/mol. The van der Waals surface area contributed by atoms with Gasteiger partial charge in [-0.15, -0.1) is 0 Å². The number of carbonyl (C=O) groups excluding carboxylic acids is 1. The molecule has 32 heavy (non-hydrogen) atoms. The van der Waals surface area contributed by atoms with Crippen molar-refractivity contribution >= 4 is 24.7 Å². The Bertz CT molecular complexity index is 933. The van der Waals surface area contributed by atoms with Crippen molar-refractivity contribution in [3.8, 4) is 0 Å². The molecule has 3 aromatic rings. The first kappa shape index (κ1) is 23.9. The molecule has 0 radical (unpaired) electrons. The summed E-state index contributed by atoms with van der Waals surface area (Å²) in [5.41, 5.74) is 7.10. The lowest BCUT2D eigenvalue weighted by Crippen LogP contribution is -2.66. The molecule has 0 aliphatic heterocycles. The molecule has 0 aliphatic rings. The van der Waals surface area contributed by atoms with Crippen molar-refractivity contribution in [3.05, 3.63) is 96.6 Å². The summed E-state index contributed by atoms with van der Waals surface area (Å²) in [6.45, 7) is 7.30. The number of benzene rings is 3. The van der Waals surface area contributed by atoms with Gasteiger partial charge in [0.2, 0.25) is 0 Å². The molecule has 168 valence electrons. The van der Waals surface area contributed by atoms with Crippen LogP contribution in [0.1, 0.15) is 32.8 Å². The predicted octanol–water partition coefficient (Wildman–Crippen LogP) is 4.02. The van der Waals surface area contributed by atoms with Gasteiger partial charge in [-0.1, -0.05) is 112 Å². The fraction of sp³-hybridized carbons (Fsp3) is 0.296. The van der Waals surface area contributed by atoms with Crippen LogP contribution in [0.2, 0.25) is 5.04 Å². The van der Waals surface area contributed by atoms with E-state index in [-0.39, 0.29) is 11.6 Å². The molecule has 0 saturated carbocycles. The van der Waals surface area contributed by atoms with Crippen LogP contribution in [0.3, 0.4) is 0 Å². The molecular weight excluding hydrogens is 414 g/mol. The lowest BCUT2D eigenvalue weighted by atomic mass is 10.2. The van der Waals surface area contributed by atoms with E-state index in [4.69, 9.17) is 14.9 Å². The summed E-state index contributed by atoms with van der Waals surface area (Å²) in [5, 5.41) is 2.30. The highest BCUT2D eigenvalue weighted by atomic mass is 28.4. The van der Waals surface area contributed by atoms with Crippen molar-refractivity contribution in [2.45, 2.75) is 44.9 Å². The van der Waals surface area contributed by atoms with Gasteiger partial charge in [-0.2, -0.15) is 0 Å². The van der Waals surface area contributed by atoms with Gasteiger partial charge in [0, 0.05) is 6.61 Å². The van der Waals surface area contributed by atoms with Crippen LogP contribution in [0.15, 0.2) is 91.0 Å². The summed E-state index contributed by atoms with van der Waals surface area (Å²) < 4.78 is 12.2. The number of hydrogen-bond donors (Lipinski definition) is 1. The molecule has 0 amide bonds. The molecule has 4 nitrogen and oxygen atoms in total. The van der Waals surface area contributed by atoms with Crippen molar-refractivity contribution in [3.63, 3.8) is 0 Å². The number of carbonyl (C=O) groups is 1. The third-order valence-corrected chi connectivity index (χ3v) is 10.7. The van der Waals surface area contributed by atoms with E-state index >= 15 is 0 Å². The van der Waals surface area contributed by atoms with E-state index in [0.29, 0.717) is 13.0 Å². The fourth-order valence-corrected chi connectivity index (χ4v) is 8.63. The highest BCUT2D eigenvalue weighted by molar-refractivity contribution is 6.99. The lowest BCUT2D eigenvalue weighted by molar-refractivity contribution is -0.146. The molecule has 1 atom stereocenters. The monoisotopic (exact) mass is 447 g/mol. The Hall–Kier alpha value is -2.73. The average molecular weight is 448 g/mol. The van der Waals surface area contributed by atoms with Crippen molar-refractivity contribution in [2.24, 2.45) is 5.73 Å². The van der Waals surface area contributed by atoms with E-state index in [1.807, 2.05) is 42.5 Å². The van der Waals surface area contributed by atoms with E-state index < -0.39 is 20.3 Å². The van der Waals surface area contributed by atoms with Gasteiger partial charge in [0.25, 0.3) is 8.32 Å². The van der Waals surface area contributed by atoms with Crippen LogP contribution < -0.4 is 16.1 Å². The maximum absolute atomic E-state index is 12.4. The minimum absolute atomic E-state index is 0.117. The van der Waals surface area contributed by atoms with E-state index in [0.717, 1.165) is 5.56 Å². The zero-order valence-corrected chi connectivity index (χ0v) is 20.2. The van der Waals surface area contributed by atoms with Crippen LogP contribution in [0.4, 0.5) is 0 Å². The van der Waals surface area contributed by atoms with Crippen LogP contribution in [0.25, 0.3) is 0 Å². The maximum Gasteiger partial charge on any atom is 0.323 e. The van der Waals surface area contributed by atoms with Crippen molar-refractivity contribution in [1.29, 1.82) is 0 Å². The molecule has 0 heterocycles. The second-order valence-electron chi connectivity index (χ2n) is 9.00. The van der Waals surface area contributed by atoms with Gasteiger partial charge in [0.1, 0.15) is 12.6 Å². The Balaban J connectivity index is 1.74. The van der Waals surface area contributed by atoms with E-state index in [9.17, 15) is 4.79 Å².